The molecule has 0 aromatic rings. The van der Waals surface area contributed by atoms with Crippen molar-refractivity contribution in [2.75, 3.05) is 46.3 Å². The maximum Gasteiger partial charge on any atom is 0.0105 e. The second-order valence-electron chi connectivity index (χ2n) is 5.41. The molecule has 1 atom stereocenters. The van der Waals surface area contributed by atoms with Crippen molar-refractivity contribution in [2.24, 2.45) is 17.6 Å². The Balaban J connectivity index is 0.00000128. The number of likely N-dealkylation sites (tertiary alicyclic amines) is 1. The summed E-state index contributed by atoms with van der Waals surface area (Å²) in [7, 11) is 2.28. The molecule has 5 heteroatoms. The third-order valence-corrected chi connectivity index (χ3v) is 3.65. The predicted octanol–water partition coefficient (Wildman–Crippen LogP) is 1.45. The molecule has 1 saturated heterocycles. The van der Waals surface area contributed by atoms with Crippen LogP contribution >= 0.6 is 24.8 Å². The van der Waals surface area contributed by atoms with E-state index in [0.717, 1.165) is 24.9 Å². The molecule has 0 radical (unpaired) electrons. The van der Waals surface area contributed by atoms with Gasteiger partial charge in [-0.1, -0.05) is 0 Å². The molecule has 2 N–H and O–H groups in total. The van der Waals surface area contributed by atoms with Gasteiger partial charge in [-0.3, -0.25) is 0 Å². The lowest BCUT2D eigenvalue weighted by Crippen LogP contribution is -2.31. The maximum atomic E-state index is 5.58. The fourth-order valence-electron chi connectivity index (χ4n) is 2.70. The molecule has 1 aliphatic heterocycles. The smallest absolute Gasteiger partial charge is 0.0105 e. The molecule has 3 nitrogen and oxygen atoms in total. The Morgan fingerprint density at radius 1 is 1.12 bits per heavy atom. The Labute approximate surface area is 118 Å². The summed E-state index contributed by atoms with van der Waals surface area (Å²) in [6, 6.07) is 0. The molecule has 0 bridgehead atoms. The molecule has 2 aliphatic rings. The van der Waals surface area contributed by atoms with E-state index in [1.807, 2.05) is 0 Å². The van der Waals surface area contributed by atoms with Crippen molar-refractivity contribution in [3.05, 3.63) is 0 Å². The van der Waals surface area contributed by atoms with Gasteiger partial charge in [-0.2, -0.15) is 0 Å². The van der Waals surface area contributed by atoms with Crippen molar-refractivity contribution in [3.63, 3.8) is 0 Å². The quantitative estimate of drug-likeness (QED) is 0.801. The highest BCUT2D eigenvalue weighted by atomic mass is 35.5. The first-order valence-electron chi connectivity index (χ1n) is 6.39. The van der Waals surface area contributed by atoms with Crippen LogP contribution in [0.2, 0.25) is 0 Å². The second kappa shape index (κ2) is 8.54. The van der Waals surface area contributed by atoms with Gasteiger partial charge >= 0.3 is 0 Å². The van der Waals surface area contributed by atoms with Crippen LogP contribution in [0.4, 0.5) is 0 Å². The van der Waals surface area contributed by atoms with Gasteiger partial charge in [-0.25, -0.2) is 0 Å². The Hall–Kier alpha value is 0.460. The molecule has 0 amide bonds. The first kappa shape index (κ1) is 17.5. The van der Waals surface area contributed by atoms with Gasteiger partial charge in [-0.05, 0) is 44.7 Å². The molecule has 1 heterocycles. The molecule has 1 saturated carbocycles. The Morgan fingerprint density at radius 3 is 2.35 bits per heavy atom. The molecule has 0 aromatic carbocycles. The van der Waals surface area contributed by atoms with Crippen LogP contribution in [0.3, 0.4) is 0 Å². The summed E-state index contributed by atoms with van der Waals surface area (Å²) in [6.07, 6.45) is 4.30. The van der Waals surface area contributed by atoms with Crippen molar-refractivity contribution >= 4 is 24.8 Å². The van der Waals surface area contributed by atoms with Gasteiger partial charge in [0.15, 0.2) is 0 Å². The minimum Gasteiger partial charge on any atom is -0.329 e. The standard InChI is InChI=1S/C12H25N3.2ClH/c1-14(8-11-2-3-11)9-12-4-6-15(10-12)7-5-13;;/h11-12H,2-10,13H2,1H3;2*1H. The SMILES string of the molecule is CN(CC1CC1)CC1CCN(CCN)C1.Cl.Cl. The van der Waals surface area contributed by atoms with E-state index in [-0.39, 0.29) is 24.8 Å². The zero-order valence-corrected chi connectivity index (χ0v) is 12.4. The van der Waals surface area contributed by atoms with Crippen molar-refractivity contribution in [1.29, 1.82) is 0 Å². The number of halogens is 2. The van der Waals surface area contributed by atoms with Crippen molar-refractivity contribution in [1.82, 2.24) is 9.80 Å². The summed E-state index contributed by atoms with van der Waals surface area (Å²) < 4.78 is 0. The molecule has 104 valence electrons. The molecule has 0 spiro atoms. The van der Waals surface area contributed by atoms with E-state index in [1.54, 1.807) is 0 Å². The summed E-state index contributed by atoms with van der Waals surface area (Å²) in [4.78, 5) is 5.05. The molecular weight excluding hydrogens is 257 g/mol. The highest BCUT2D eigenvalue weighted by molar-refractivity contribution is 5.85. The first-order chi connectivity index (χ1) is 7.28. The highest BCUT2D eigenvalue weighted by Gasteiger charge is 2.26. The van der Waals surface area contributed by atoms with Gasteiger partial charge in [-0.15, -0.1) is 24.8 Å². The normalized spacial score (nSPS) is 24.5. The monoisotopic (exact) mass is 283 g/mol. The third-order valence-electron chi connectivity index (χ3n) is 3.65. The van der Waals surface area contributed by atoms with Crippen LogP contribution in [0.15, 0.2) is 0 Å². The van der Waals surface area contributed by atoms with Gasteiger partial charge in [0, 0.05) is 32.7 Å². The largest absolute Gasteiger partial charge is 0.329 e. The zero-order valence-electron chi connectivity index (χ0n) is 10.8. The van der Waals surface area contributed by atoms with E-state index in [1.165, 1.54) is 45.4 Å². The summed E-state index contributed by atoms with van der Waals surface area (Å²) in [5.74, 6) is 1.91. The molecular formula is C12H27Cl2N3. The van der Waals surface area contributed by atoms with Gasteiger partial charge < -0.3 is 15.5 Å². The van der Waals surface area contributed by atoms with Gasteiger partial charge in [0.2, 0.25) is 0 Å². The average Bonchev–Trinajstić information content (AvgIpc) is 2.88. The van der Waals surface area contributed by atoms with Gasteiger partial charge in [0.25, 0.3) is 0 Å². The van der Waals surface area contributed by atoms with Crippen LogP contribution in [0.1, 0.15) is 19.3 Å². The summed E-state index contributed by atoms with van der Waals surface area (Å²) in [5.41, 5.74) is 5.58. The molecule has 1 aliphatic carbocycles. The summed E-state index contributed by atoms with van der Waals surface area (Å²) in [6.45, 7) is 7.05. The fourth-order valence-corrected chi connectivity index (χ4v) is 2.70. The molecule has 1 unspecified atom stereocenters. The van der Waals surface area contributed by atoms with E-state index >= 15 is 0 Å². The zero-order chi connectivity index (χ0) is 10.7. The Morgan fingerprint density at radius 2 is 1.76 bits per heavy atom. The lowest BCUT2D eigenvalue weighted by Gasteiger charge is -2.21. The van der Waals surface area contributed by atoms with Crippen LogP contribution in [0.5, 0.6) is 0 Å². The average molecular weight is 284 g/mol. The molecule has 0 aromatic heterocycles. The van der Waals surface area contributed by atoms with E-state index in [4.69, 9.17) is 5.73 Å². The van der Waals surface area contributed by atoms with Crippen molar-refractivity contribution in [3.8, 4) is 0 Å². The number of rotatable bonds is 6. The van der Waals surface area contributed by atoms with Gasteiger partial charge in [0.1, 0.15) is 0 Å². The fraction of sp³-hybridized carbons (Fsp3) is 1.00. The third kappa shape index (κ3) is 6.25. The van der Waals surface area contributed by atoms with Crippen LogP contribution in [0, 0.1) is 11.8 Å². The number of hydrogen-bond acceptors (Lipinski definition) is 3. The number of nitrogens with two attached hydrogens (primary N) is 1. The molecule has 2 fully saturated rings. The predicted molar refractivity (Wildman–Crippen MR) is 78.3 cm³/mol. The van der Waals surface area contributed by atoms with E-state index in [2.05, 4.69) is 16.8 Å². The Kier molecular flexibility index (Phi) is 8.77. The minimum absolute atomic E-state index is 0. The summed E-state index contributed by atoms with van der Waals surface area (Å²) >= 11 is 0. The van der Waals surface area contributed by atoms with E-state index in [0.29, 0.717) is 0 Å². The van der Waals surface area contributed by atoms with E-state index in [9.17, 15) is 0 Å². The van der Waals surface area contributed by atoms with Crippen molar-refractivity contribution < 1.29 is 0 Å². The maximum absolute atomic E-state index is 5.58. The summed E-state index contributed by atoms with van der Waals surface area (Å²) in [5, 5.41) is 0. The molecule has 17 heavy (non-hydrogen) atoms. The lowest BCUT2D eigenvalue weighted by atomic mass is 10.1. The number of hydrogen-bond donors (Lipinski definition) is 1. The Bertz CT molecular complexity index is 200. The second-order valence-corrected chi connectivity index (χ2v) is 5.41. The van der Waals surface area contributed by atoms with Crippen LogP contribution in [-0.2, 0) is 0 Å². The van der Waals surface area contributed by atoms with Crippen LogP contribution < -0.4 is 5.73 Å². The van der Waals surface area contributed by atoms with Crippen LogP contribution in [0.25, 0.3) is 0 Å². The topological polar surface area (TPSA) is 32.5 Å². The lowest BCUT2D eigenvalue weighted by molar-refractivity contribution is 0.257. The van der Waals surface area contributed by atoms with E-state index < -0.39 is 0 Å². The first-order valence-corrected chi connectivity index (χ1v) is 6.39. The van der Waals surface area contributed by atoms with Gasteiger partial charge in [0.05, 0.1) is 0 Å². The number of nitrogens with zero attached hydrogens (tertiary/aromatic N) is 2. The highest BCUT2D eigenvalue weighted by Crippen LogP contribution is 2.29. The van der Waals surface area contributed by atoms with Crippen molar-refractivity contribution in [2.45, 2.75) is 19.3 Å². The minimum atomic E-state index is 0. The molecule has 2 rings (SSSR count). The van der Waals surface area contributed by atoms with Crippen LogP contribution in [-0.4, -0.2) is 56.1 Å².